The minimum absolute atomic E-state index is 0.0556. The van der Waals surface area contributed by atoms with E-state index in [1.54, 1.807) is 12.1 Å². The molecule has 1 aromatic carbocycles. The van der Waals surface area contributed by atoms with Crippen LogP contribution in [-0.4, -0.2) is 18.6 Å². The van der Waals surface area contributed by atoms with Gasteiger partial charge in [-0.2, -0.15) is 0 Å². The number of nitro groups is 1. The van der Waals surface area contributed by atoms with Crippen LogP contribution in [0.5, 0.6) is 5.75 Å². The van der Waals surface area contributed by atoms with Gasteiger partial charge in [-0.3, -0.25) is 10.1 Å². The molecule has 0 aliphatic heterocycles. The Morgan fingerprint density at radius 2 is 2.33 bits per heavy atom. The van der Waals surface area contributed by atoms with Gasteiger partial charge in [-0.25, -0.2) is 6.57 Å². The molecule has 0 saturated heterocycles. The van der Waals surface area contributed by atoms with Crippen molar-refractivity contribution in [2.24, 2.45) is 0 Å². The Kier molecular flexibility index (Phi) is 3.63. The standard InChI is InChI=1S/C10H10N2O3/c1-11-6-5-8-3-4-10(15-2)9(7-8)12(13)14/h3-4,7H,5-6H2,2H3. The molecule has 0 atom stereocenters. The zero-order valence-electron chi connectivity index (χ0n) is 8.27. The minimum Gasteiger partial charge on any atom is -0.490 e. The molecule has 5 heteroatoms. The molecule has 78 valence electrons. The number of nitro benzene ring substituents is 1. The van der Waals surface area contributed by atoms with Gasteiger partial charge in [0, 0.05) is 12.5 Å². The van der Waals surface area contributed by atoms with Gasteiger partial charge < -0.3 is 9.58 Å². The molecule has 0 unspecified atom stereocenters. The van der Waals surface area contributed by atoms with Crippen molar-refractivity contribution in [3.05, 3.63) is 45.3 Å². The monoisotopic (exact) mass is 206 g/mol. The Morgan fingerprint density at radius 3 is 2.87 bits per heavy atom. The normalized spacial score (nSPS) is 9.33. The Labute approximate surface area is 87.3 Å². The van der Waals surface area contributed by atoms with Crippen molar-refractivity contribution in [1.29, 1.82) is 0 Å². The third-order valence-electron chi connectivity index (χ3n) is 1.95. The average Bonchev–Trinajstić information content (AvgIpc) is 2.25. The van der Waals surface area contributed by atoms with Gasteiger partial charge in [0.2, 0.25) is 6.54 Å². The Morgan fingerprint density at radius 1 is 1.60 bits per heavy atom. The molecule has 0 aromatic heterocycles. The first-order valence-corrected chi connectivity index (χ1v) is 4.33. The lowest BCUT2D eigenvalue weighted by Crippen LogP contribution is -1.96. The summed E-state index contributed by atoms with van der Waals surface area (Å²) in [6.07, 6.45) is 0.522. The van der Waals surface area contributed by atoms with Crippen LogP contribution in [0, 0.1) is 16.7 Å². The quantitative estimate of drug-likeness (QED) is 0.430. The number of hydrogen-bond acceptors (Lipinski definition) is 3. The SMILES string of the molecule is [C-]#[N+]CCc1ccc(OC)c([N+](=O)[O-])c1. The van der Waals surface area contributed by atoms with Crippen molar-refractivity contribution in [2.75, 3.05) is 13.7 Å². The van der Waals surface area contributed by atoms with Crippen LogP contribution in [0.25, 0.3) is 4.85 Å². The van der Waals surface area contributed by atoms with Gasteiger partial charge >= 0.3 is 5.69 Å². The number of nitrogens with zero attached hydrogens (tertiary/aromatic N) is 2. The van der Waals surface area contributed by atoms with E-state index in [4.69, 9.17) is 11.3 Å². The molecule has 0 fully saturated rings. The smallest absolute Gasteiger partial charge is 0.311 e. The van der Waals surface area contributed by atoms with Gasteiger partial charge in [0.25, 0.3) is 0 Å². The van der Waals surface area contributed by atoms with Crippen LogP contribution in [0.3, 0.4) is 0 Å². The molecule has 0 N–H and O–H groups in total. The van der Waals surface area contributed by atoms with Crippen molar-refractivity contribution < 1.29 is 9.66 Å². The highest BCUT2D eigenvalue weighted by molar-refractivity contribution is 5.48. The lowest BCUT2D eigenvalue weighted by molar-refractivity contribution is -0.385. The van der Waals surface area contributed by atoms with E-state index < -0.39 is 4.92 Å². The molecule has 5 nitrogen and oxygen atoms in total. The van der Waals surface area contributed by atoms with Crippen molar-refractivity contribution in [3.8, 4) is 5.75 Å². The van der Waals surface area contributed by atoms with E-state index >= 15 is 0 Å². The summed E-state index contributed by atoms with van der Waals surface area (Å²) in [4.78, 5) is 13.4. The van der Waals surface area contributed by atoms with Crippen molar-refractivity contribution in [1.82, 2.24) is 0 Å². The Hall–Kier alpha value is -2.09. The number of rotatable bonds is 4. The summed E-state index contributed by atoms with van der Waals surface area (Å²) in [5.41, 5.74) is 0.721. The summed E-state index contributed by atoms with van der Waals surface area (Å²) in [5, 5.41) is 10.7. The van der Waals surface area contributed by atoms with E-state index in [1.165, 1.54) is 13.2 Å². The molecular weight excluding hydrogens is 196 g/mol. The maximum atomic E-state index is 10.7. The molecule has 0 saturated carbocycles. The second kappa shape index (κ2) is 4.96. The van der Waals surface area contributed by atoms with Crippen molar-refractivity contribution in [2.45, 2.75) is 6.42 Å². The number of hydrogen-bond donors (Lipinski definition) is 0. The lowest BCUT2D eigenvalue weighted by Gasteiger charge is -2.02. The Bertz CT molecular complexity index is 410. The van der Waals surface area contributed by atoms with Crippen LogP contribution in [-0.2, 0) is 6.42 Å². The van der Waals surface area contributed by atoms with Crippen molar-refractivity contribution in [3.63, 3.8) is 0 Å². The summed E-state index contributed by atoms with van der Waals surface area (Å²) in [7, 11) is 1.39. The van der Waals surface area contributed by atoms with Gasteiger partial charge in [0.15, 0.2) is 5.75 Å². The van der Waals surface area contributed by atoms with Crippen LogP contribution in [0.1, 0.15) is 5.56 Å². The fraction of sp³-hybridized carbons (Fsp3) is 0.300. The predicted molar refractivity (Wildman–Crippen MR) is 54.8 cm³/mol. The first-order chi connectivity index (χ1) is 7.19. The lowest BCUT2D eigenvalue weighted by atomic mass is 10.1. The molecule has 1 aromatic rings. The zero-order valence-corrected chi connectivity index (χ0v) is 8.27. The van der Waals surface area contributed by atoms with Gasteiger partial charge in [0.1, 0.15) is 0 Å². The molecule has 0 radical (unpaired) electrons. The molecule has 15 heavy (non-hydrogen) atoms. The first kappa shape index (κ1) is 11.0. The van der Waals surface area contributed by atoms with Crippen LogP contribution in [0.2, 0.25) is 0 Å². The highest BCUT2D eigenvalue weighted by Gasteiger charge is 2.14. The van der Waals surface area contributed by atoms with Crippen LogP contribution in [0.4, 0.5) is 5.69 Å². The maximum absolute atomic E-state index is 10.7. The Balaban J connectivity index is 3.00. The van der Waals surface area contributed by atoms with E-state index in [1.807, 2.05) is 0 Å². The summed E-state index contributed by atoms with van der Waals surface area (Å²) in [5.74, 6) is 0.242. The van der Waals surface area contributed by atoms with E-state index in [0.29, 0.717) is 13.0 Å². The largest absolute Gasteiger partial charge is 0.490 e. The molecule has 0 amide bonds. The predicted octanol–water partition coefficient (Wildman–Crippen LogP) is 2.07. The highest BCUT2D eigenvalue weighted by atomic mass is 16.6. The summed E-state index contributed by atoms with van der Waals surface area (Å²) >= 11 is 0. The summed E-state index contributed by atoms with van der Waals surface area (Å²) in [6, 6.07) is 4.73. The highest BCUT2D eigenvalue weighted by Crippen LogP contribution is 2.27. The second-order valence-corrected chi connectivity index (χ2v) is 2.90. The van der Waals surface area contributed by atoms with Crippen LogP contribution >= 0.6 is 0 Å². The van der Waals surface area contributed by atoms with E-state index in [9.17, 15) is 10.1 Å². The first-order valence-electron chi connectivity index (χ1n) is 4.33. The van der Waals surface area contributed by atoms with E-state index in [-0.39, 0.29) is 11.4 Å². The van der Waals surface area contributed by atoms with Gasteiger partial charge in [0.05, 0.1) is 12.0 Å². The van der Waals surface area contributed by atoms with Gasteiger partial charge in [-0.05, 0) is 11.6 Å². The third-order valence-corrected chi connectivity index (χ3v) is 1.95. The fourth-order valence-electron chi connectivity index (χ4n) is 1.22. The van der Waals surface area contributed by atoms with Gasteiger partial charge in [-0.1, -0.05) is 6.07 Å². The number of ether oxygens (including phenoxy) is 1. The maximum Gasteiger partial charge on any atom is 0.311 e. The van der Waals surface area contributed by atoms with Crippen molar-refractivity contribution >= 4 is 5.69 Å². The molecular formula is C10H10N2O3. The fourth-order valence-corrected chi connectivity index (χ4v) is 1.22. The zero-order chi connectivity index (χ0) is 11.3. The number of methoxy groups -OCH3 is 1. The molecule has 0 spiro atoms. The topological polar surface area (TPSA) is 56.7 Å². The molecule has 0 heterocycles. The summed E-state index contributed by atoms with van der Waals surface area (Å²) in [6.45, 7) is 6.97. The average molecular weight is 206 g/mol. The van der Waals surface area contributed by atoms with Crippen LogP contribution in [0.15, 0.2) is 18.2 Å². The minimum atomic E-state index is -0.486. The van der Waals surface area contributed by atoms with Crippen LogP contribution < -0.4 is 4.74 Å². The number of benzene rings is 1. The molecule has 0 aliphatic rings. The summed E-state index contributed by atoms with van der Waals surface area (Å²) < 4.78 is 4.86. The second-order valence-electron chi connectivity index (χ2n) is 2.90. The van der Waals surface area contributed by atoms with Gasteiger partial charge in [-0.15, -0.1) is 0 Å². The van der Waals surface area contributed by atoms with E-state index in [0.717, 1.165) is 5.56 Å². The van der Waals surface area contributed by atoms with E-state index in [2.05, 4.69) is 4.85 Å². The molecule has 0 bridgehead atoms. The molecule has 0 aliphatic carbocycles. The molecule has 1 rings (SSSR count). The third kappa shape index (κ3) is 2.68.